The summed E-state index contributed by atoms with van der Waals surface area (Å²) in [4.78, 5) is 2.49. The highest BCUT2D eigenvalue weighted by molar-refractivity contribution is 6.43. The highest BCUT2D eigenvalue weighted by atomic mass is 15.1. The zero-order valence-corrected chi connectivity index (χ0v) is 43.2. The monoisotopic (exact) mass is 989 g/mol. The lowest BCUT2D eigenvalue weighted by Crippen LogP contribution is -2.15. The SMILES string of the molecule is CN(c1ccccc1)c1c2c(c(-c3ccccc3)c(-c3ccc4ccccc4c3)c1-c1ccc3ccccc3c1)C1=C(c3ccccc3)C(c3cccc4ccccc34)=C(c3cccc4ccccc34)C1=C2c1ccccc1. The number of hydrogen-bond acceptors (Lipinski definition) is 1. The van der Waals surface area contributed by atoms with Crippen LogP contribution in [0.1, 0.15) is 33.4 Å². The normalized spacial score (nSPS) is 13.0. The van der Waals surface area contributed by atoms with E-state index in [4.69, 9.17) is 0 Å². The van der Waals surface area contributed by atoms with Crippen molar-refractivity contribution in [2.24, 2.45) is 0 Å². The number of allylic oxidation sites excluding steroid dienone is 5. The summed E-state index contributed by atoms with van der Waals surface area (Å²) >= 11 is 0. The van der Waals surface area contributed by atoms with E-state index in [0.29, 0.717) is 0 Å². The van der Waals surface area contributed by atoms with Crippen LogP contribution in [0.5, 0.6) is 0 Å². The number of anilines is 2. The molecule has 0 saturated carbocycles. The van der Waals surface area contributed by atoms with Crippen LogP contribution in [0.25, 0.3) is 104 Å². The Bertz CT molecular complexity index is 4630. The van der Waals surface area contributed by atoms with Gasteiger partial charge in [0, 0.05) is 46.1 Å². The van der Waals surface area contributed by atoms with E-state index < -0.39 is 0 Å². The van der Waals surface area contributed by atoms with Gasteiger partial charge in [0.25, 0.3) is 0 Å². The van der Waals surface area contributed by atoms with Crippen molar-refractivity contribution in [2.75, 3.05) is 11.9 Å². The van der Waals surface area contributed by atoms with Crippen LogP contribution in [0.15, 0.2) is 297 Å². The molecule has 0 N–H and O–H groups in total. The Kier molecular flexibility index (Phi) is 10.8. The smallest absolute Gasteiger partial charge is 0.0580 e. The van der Waals surface area contributed by atoms with Gasteiger partial charge < -0.3 is 4.90 Å². The molecule has 78 heavy (non-hydrogen) atoms. The minimum Gasteiger partial charge on any atom is -0.344 e. The Morgan fingerprint density at radius 1 is 0.218 bits per heavy atom. The molecule has 0 atom stereocenters. The van der Waals surface area contributed by atoms with Gasteiger partial charge in [0.1, 0.15) is 0 Å². The molecule has 1 nitrogen and oxygen atoms in total. The molecule has 0 bridgehead atoms. The lowest BCUT2D eigenvalue weighted by atomic mass is 9.77. The molecule has 0 unspecified atom stereocenters. The first-order chi connectivity index (χ1) is 38.7. The summed E-state index contributed by atoms with van der Waals surface area (Å²) in [5.41, 5.74) is 23.9. The maximum Gasteiger partial charge on any atom is 0.0580 e. The lowest BCUT2D eigenvalue weighted by molar-refractivity contribution is 1.20. The number of hydrogen-bond donors (Lipinski definition) is 0. The second-order valence-electron chi connectivity index (χ2n) is 20.6. The first-order valence-corrected chi connectivity index (χ1v) is 27.1. The number of benzene rings is 13. The molecule has 0 heterocycles. The third kappa shape index (κ3) is 7.24. The van der Waals surface area contributed by atoms with Crippen LogP contribution in [0.2, 0.25) is 0 Å². The van der Waals surface area contributed by atoms with E-state index in [1.54, 1.807) is 0 Å². The van der Waals surface area contributed by atoms with Gasteiger partial charge in [-0.3, -0.25) is 0 Å². The molecule has 13 aromatic carbocycles. The van der Waals surface area contributed by atoms with Crippen molar-refractivity contribution in [3.63, 3.8) is 0 Å². The summed E-state index contributed by atoms with van der Waals surface area (Å²) in [6.45, 7) is 0. The van der Waals surface area contributed by atoms with Crippen LogP contribution >= 0.6 is 0 Å². The van der Waals surface area contributed by atoms with Crippen molar-refractivity contribution in [3.05, 3.63) is 330 Å². The molecule has 0 aromatic heterocycles. The molecule has 0 amide bonds. The maximum atomic E-state index is 2.49. The highest BCUT2D eigenvalue weighted by Crippen LogP contribution is 2.68. The largest absolute Gasteiger partial charge is 0.344 e. The zero-order chi connectivity index (χ0) is 51.7. The van der Waals surface area contributed by atoms with Crippen LogP contribution in [0.4, 0.5) is 11.4 Å². The van der Waals surface area contributed by atoms with Crippen LogP contribution < -0.4 is 4.90 Å². The molecule has 13 aromatic rings. The molecule has 15 rings (SSSR count). The molecule has 0 aliphatic heterocycles. The lowest BCUT2D eigenvalue weighted by Gasteiger charge is -2.32. The number of nitrogens with zero attached hydrogens (tertiary/aromatic N) is 1. The van der Waals surface area contributed by atoms with E-state index in [1.165, 1.54) is 121 Å². The zero-order valence-electron chi connectivity index (χ0n) is 43.2. The minimum absolute atomic E-state index is 1.10. The minimum atomic E-state index is 1.10. The Morgan fingerprint density at radius 2 is 0.615 bits per heavy atom. The quantitative estimate of drug-likeness (QED) is 0.139. The van der Waals surface area contributed by atoms with Crippen LogP contribution in [-0.2, 0) is 0 Å². The molecular weight excluding hydrogens is 939 g/mol. The topological polar surface area (TPSA) is 3.24 Å². The van der Waals surface area contributed by atoms with Gasteiger partial charge in [0.15, 0.2) is 0 Å². The van der Waals surface area contributed by atoms with Gasteiger partial charge >= 0.3 is 0 Å². The van der Waals surface area contributed by atoms with E-state index in [2.05, 4.69) is 303 Å². The molecule has 0 spiro atoms. The Morgan fingerprint density at radius 3 is 1.15 bits per heavy atom. The van der Waals surface area contributed by atoms with Crippen LogP contribution in [0.3, 0.4) is 0 Å². The third-order valence-electron chi connectivity index (χ3n) is 16.3. The predicted octanol–water partition coefficient (Wildman–Crippen LogP) is 20.4. The van der Waals surface area contributed by atoms with Crippen LogP contribution in [-0.4, -0.2) is 7.05 Å². The maximum absolute atomic E-state index is 2.49. The van der Waals surface area contributed by atoms with Gasteiger partial charge in [-0.1, -0.05) is 267 Å². The van der Waals surface area contributed by atoms with Crippen molar-refractivity contribution in [1.82, 2.24) is 0 Å². The molecule has 0 radical (unpaired) electrons. The fourth-order valence-electron chi connectivity index (χ4n) is 13.0. The highest BCUT2D eigenvalue weighted by Gasteiger charge is 2.45. The average Bonchev–Trinajstić information content (AvgIpc) is 3.68. The second-order valence-corrected chi connectivity index (χ2v) is 20.6. The van der Waals surface area contributed by atoms with E-state index in [9.17, 15) is 0 Å². The van der Waals surface area contributed by atoms with Crippen LogP contribution in [0, 0.1) is 0 Å². The van der Waals surface area contributed by atoms with E-state index in [1.807, 2.05) is 0 Å². The van der Waals surface area contributed by atoms with Gasteiger partial charge in [-0.2, -0.15) is 0 Å². The van der Waals surface area contributed by atoms with Gasteiger partial charge in [-0.25, -0.2) is 0 Å². The number of fused-ring (bicyclic) bond motifs is 7. The summed E-state index contributed by atoms with van der Waals surface area (Å²) in [7, 11) is 2.29. The fourth-order valence-corrected chi connectivity index (χ4v) is 13.0. The van der Waals surface area contributed by atoms with Gasteiger partial charge in [0.2, 0.25) is 0 Å². The molecule has 0 fully saturated rings. The van der Waals surface area contributed by atoms with E-state index in [0.717, 1.165) is 33.6 Å². The summed E-state index contributed by atoms with van der Waals surface area (Å²) in [6.07, 6.45) is 0. The summed E-state index contributed by atoms with van der Waals surface area (Å²) in [5.74, 6) is 0. The molecular formula is C77H51N. The van der Waals surface area contributed by atoms with Crippen molar-refractivity contribution in [2.45, 2.75) is 0 Å². The van der Waals surface area contributed by atoms with E-state index >= 15 is 0 Å². The van der Waals surface area contributed by atoms with Gasteiger partial charge in [-0.05, 0) is 134 Å². The number of para-hydroxylation sites is 1. The Labute approximate surface area is 455 Å². The second kappa shape index (κ2) is 18.6. The first kappa shape index (κ1) is 45.3. The molecule has 2 aliphatic rings. The van der Waals surface area contributed by atoms with Gasteiger partial charge in [-0.15, -0.1) is 0 Å². The molecule has 364 valence electrons. The molecule has 0 saturated heterocycles. The average molecular weight is 990 g/mol. The van der Waals surface area contributed by atoms with Crippen molar-refractivity contribution >= 4 is 82.3 Å². The standard InChI is InChI=1S/C77H51N/c1-78(61-38-12-5-13-39-61)77-70(60-47-45-51-25-15-17-35-58(51)49-60)69(59-46-44-50-24-14-16-34-57(50)48-59)66(54-28-6-2-7-29-54)75-74-67(55-30-8-3-9-31-55)71(64-42-22-36-52-26-18-20-40-62(52)64)72(65-43-23-37-53-27-19-21-41-63(53)65)73(74)68(76(75)77)56-32-10-4-11-33-56/h2-49H,1H3. The summed E-state index contributed by atoms with van der Waals surface area (Å²) in [5, 5.41) is 9.67. The Hall–Kier alpha value is -10.1. The summed E-state index contributed by atoms with van der Waals surface area (Å²) < 4.78 is 0. The summed E-state index contributed by atoms with van der Waals surface area (Å²) in [6, 6.07) is 108. The molecule has 1 heteroatoms. The van der Waals surface area contributed by atoms with E-state index in [-0.39, 0.29) is 0 Å². The van der Waals surface area contributed by atoms with Crippen molar-refractivity contribution in [3.8, 4) is 33.4 Å². The molecule has 2 aliphatic carbocycles. The van der Waals surface area contributed by atoms with Crippen molar-refractivity contribution in [1.29, 1.82) is 0 Å². The van der Waals surface area contributed by atoms with Crippen molar-refractivity contribution < 1.29 is 0 Å². The first-order valence-electron chi connectivity index (χ1n) is 27.1. The van der Waals surface area contributed by atoms with Gasteiger partial charge in [0.05, 0.1) is 5.69 Å². The Balaban J connectivity index is 1.24. The predicted molar refractivity (Wildman–Crippen MR) is 333 cm³/mol. The number of rotatable bonds is 9. The fraction of sp³-hybridized carbons (Fsp3) is 0.0130. The third-order valence-corrected chi connectivity index (χ3v) is 16.3.